The number of benzene rings is 4. The minimum absolute atomic E-state index is 0.204. The number of imide groups is 1. The molecule has 0 radical (unpaired) electrons. The third kappa shape index (κ3) is 4.68. The van der Waals surface area contributed by atoms with E-state index in [0.717, 1.165) is 16.7 Å². The minimum Gasteiger partial charge on any atom is -0.480 e. The van der Waals surface area contributed by atoms with Gasteiger partial charge in [0, 0.05) is 12.6 Å². The molecule has 0 unspecified atom stereocenters. The maximum atomic E-state index is 13.5. The number of carbonyl (C=O) groups is 3. The number of rotatable bonds is 8. The first-order chi connectivity index (χ1) is 21.2. The van der Waals surface area contributed by atoms with Gasteiger partial charge in [-0.2, -0.15) is 0 Å². The normalized spacial score (nSPS) is 13.7. The van der Waals surface area contributed by atoms with Crippen molar-refractivity contribution in [3.63, 3.8) is 0 Å². The number of hydrogen-bond acceptors (Lipinski definition) is 4. The van der Waals surface area contributed by atoms with Gasteiger partial charge in [0.1, 0.15) is 11.6 Å². The Morgan fingerprint density at radius 1 is 0.705 bits per heavy atom. The predicted molar refractivity (Wildman–Crippen MR) is 169 cm³/mol. The number of fused-ring (bicyclic) bond motifs is 1. The summed E-state index contributed by atoms with van der Waals surface area (Å²) < 4.78 is 1.91. The van der Waals surface area contributed by atoms with E-state index in [1.807, 2.05) is 95.6 Å². The molecule has 4 aromatic carbocycles. The Morgan fingerprint density at radius 2 is 1.11 bits per heavy atom. The second-order valence-corrected chi connectivity index (χ2v) is 11.6. The molecule has 0 bridgehead atoms. The van der Waals surface area contributed by atoms with Gasteiger partial charge in [-0.1, -0.05) is 137 Å². The number of halogens is 4. The van der Waals surface area contributed by atoms with Crippen LogP contribution in [-0.2, 0) is 16.8 Å². The van der Waals surface area contributed by atoms with Crippen LogP contribution in [-0.4, -0.2) is 43.4 Å². The number of carboxylic acids is 1. The van der Waals surface area contributed by atoms with Crippen LogP contribution >= 0.6 is 46.4 Å². The molecule has 0 saturated heterocycles. The van der Waals surface area contributed by atoms with Crippen LogP contribution in [0.2, 0.25) is 20.1 Å². The SMILES string of the molecule is O=C(O)[C@H](Cc1cn(C(c2ccccc2)(c2ccccc2)c2ccccc2)cn1)N1C(=O)c2c(Cl)c(Cl)c(Cl)c(Cl)c2C1=O. The highest BCUT2D eigenvalue weighted by Gasteiger charge is 2.47. The lowest BCUT2D eigenvalue weighted by Gasteiger charge is -2.37. The zero-order valence-electron chi connectivity index (χ0n) is 22.6. The minimum atomic E-state index is -1.63. The molecule has 0 saturated carbocycles. The van der Waals surface area contributed by atoms with E-state index in [2.05, 4.69) is 4.98 Å². The first-order valence-electron chi connectivity index (χ1n) is 13.3. The zero-order chi connectivity index (χ0) is 31.2. The molecule has 1 N–H and O–H groups in total. The molecular weight excluding hydrogens is 644 g/mol. The van der Waals surface area contributed by atoms with E-state index in [4.69, 9.17) is 46.4 Å². The maximum absolute atomic E-state index is 13.5. The van der Waals surface area contributed by atoms with Gasteiger partial charge in [0.25, 0.3) is 11.8 Å². The van der Waals surface area contributed by atoms with E-state index in [0.29, 0.717) is 10.6 Å². The first kappa shape index (κ1) is 29.9. The van der Waals surface area contributed by atoms with Crippen molar-refractivity contribution in [3.05, 3.63) is 157 Å². The van der Waals surface area contributed by atoms with Gasteiger partial charge in [-0.25, -0.2) is 9.78 Å². The molecule has 1 aliphatic heterocycles. The summed E-state index contributed by atoms with van der Waals surface area (Å²) in [4.78, 5) is 44.7. The van der Waals surface area contributed by atoms with Crippen molar-refractivity contribution in [3.8, 4) is 0 Å². The van der Waals surface area contributed by atoms with Crippen LogP contribution in [0.15, 0.2) is 104 Å². The van der Waals surface area contributed by atoms with E-state index in [9.17, 15) is 19.5 Å². The Bertz CT molecular complexity index is 1770. The number of imidazole rings is 1. The second-order valence-electron chi connectivity index (χ2n) is 10.1. The molecule has 2 heterocycles. The third-order valence-corrected chi connectivity index (χ3v) is 9.53. The molecule has 0 aliphatic carbocycles. The van der Waals surface area contributed by atoms with Gasteiger partial charge in [-0.3, -0.25) is 14.5 Å². The molecule has 1 aliphatic rings. The molecule has 11 heteroatoms. The molecule has 1 aromatic heterocycles. The van der Waals surface area contributed by atoms with Crippen LogP contribution in [0.4, 0.5) is 0 Å². The van der Waals surface area contributed by atoms with Crippen molar-refractivity contribution >= 4 is 64.2 Å². The van der Waals surface area contributed by atoms with Crippen molar-refractivity contribution in [1.82, 2.24) is 14.5 Å². The highest BCUT2D eigenvalue weighted by atomic mass is 35.5. The molecule has 0 spiro atoms. The van der Waals surface area contributed by atoms with Gasteiger partial charge < -0.3 is 9.67 Å². The summed E-state index contributed by atoms with van der Waals surface area (Å²) in [7, 11) is 0. The van der Waals surface area contributed by atoms with Crippen LogP contribution < -0.4 is 0 Å². The lowest BCUT2D eigenvalue weighted by molar-refractivity contribution is -0.141. The zero-order valence-corrected chi connectivity index (χ0v) is 25.6. The van der Waals surface area contributed by atoms with Crippen LogP contribution in [0, 0.1) is 0 Å². The largest absolute Gasteiger partial charge is 0.480 e. The standard InChI is InChI=1S/C33H21Cl4N3O4/c34-26-24-25(27(35)29(37)28(26)36)31(42)40(30(24)41)23(32(43)44)16-22-17-39(18-38-22)33(19-10-4-1-5-11-19,20-12-6-2-7-13-20)21-14-8-3-9-15-21/h1-15,17-18,23H,16H2,(H,43,44)/t23-/m0/s1. The second kappa shape index (κ2) is 11.7. The fourth-order valence-electron chi connectivity index (χ4n) is 5.77. The van der Waals surface area contributed by atoms with Crippen molar-refractivity contribution in [2.45, 2.75) is 18.0 Å². The summed E-state index contributed by atoms with van der Waals surface area (Å²) in [6.45, 7) is 0. The molecule has 7 nitrogen and oxygen atoms in total. The number of amides is 2. The average Bonchev–Trinajstić information content (AvgIpc) is 3.61. The Morgan fingerprint density at radius 3 is 1.50 bits per heavy atom. The van der Waals surface area contributed by atoms with Gasteiger partial charge in [0.05, 0.1) is 43.2 Å². The maximum Gasteiger partial charge on any atom is 0.327 e. The predicted octanol–water partition coefficient (Wildman–Crippen LogP) is 7.63. The lowest BCUT2D eigenvalue weighted by atomic mass is 9.77. The third-order valence-electron chi connectivity index (χ3n) is 7.73. The fourth-order valence-corrected chi connectivity index (χ4v) is 6.79. The van der Waals surface area contributed by atoms with Crippen molar-refractivity contribution < 1.29 is 19.5 Å². The topological polar surface area (TPSA) is 92.5 Å². The molecule has 220 valence electrons. The molecule has 44 heavy (non-hydrogen) atoms. The Balaban J connectivity index is 1.46. The van der Waals surface area contributed by atoms with Gasteiger partial charge >= 0.3 is 5.97 Å². The highest BCUT2D eigenvalue weighted by molar-refractivity contribution is 6.55. The van der Waals surface area contributed by atoms with E-state index in [1.54, 1.807) is 12.5 Å². The molecule has 5 aromatic rings. The summed E-state index contributed by atoms with van der Waals surface area (Å²) in [5, 5.41) is 9.30. The van der Waals surface area contributed by atoms with E-state index in [1.165, 1.54) is 0 Å². The first-order valence-corrected chi connectivity index (χ1v) is 14.9. The van der Waals surface area contributed by atoms with E-state index in [-0.39, 0.29) is 37.6 Å². The lowest BCUT2D eigenvalue weighted by Crippen LogP contribution is -2.46. The molecule has 6 rings (SSSR count). The molecular formula is C33H21Cl4N3O4. The summed E-state index contributed by atoms with van der Waals surface area (Å²) in [5.74, 6) is -3.29. The quantitative estimate of drug-likeness (QED) is 0.0797. The van der Waals surface area contributed by atoms with Crippen LogP contribution in [0.1, 0.15) is 43.1 Å². The number of carbonyl (C=O) groups excluding carboxylic acids is 2. The van der Waals surface area contributed by atoms with Crippen molar-refractivity contribution in [1.29, 1.82) is 0 Å². The summed E-state index contributed by atoms with van der Waals surface area (Å²) in [6, 6.07) is 28.0. The van der Waals surface area contributed by atoms with E-state index < -0.39 is 29.4 Å². The molecule has 1 atom stereocenters. The Labute approximate surface area is 272 Å². The van der Waals surface area contributed by atoms with Gasteiger partial charge in [0.15, 0.2) is 0 Å². The highest BCUT2D eigenvalue weighted by Crippen LogP contribution is 2.46. The monoisotopic (exact) mass is 663 g/mol. The number of nitrogens with zero attached hydrogens (tertiary/aromatic N) is 3. The number of aliphatic carboxylic acids is 1. The van der Waals surface area contributed by atoms with Crippen molar-refractivity contribution in [2.24, 2.45) is 0 Å². The van der Waals surface area contributed by atoms with Crippen LogP contribution in [0.25, 0.3) is 0 Å². The van der Waals surface area contributed by atoms with Crippen LogP contribution in [0.3, 0.4) is 0 Å². The van der Waals surface area contributed by atoms with Crippen molar-refractivity contribution in [2.75, 3.05) is 0 Å². The smallest absolute Gasteiger partial charge is 0.327 e. The summed E-state index contributed by atoms with van der Waals surface area (Å²) >= 11 is 24.8. The van der Waals surface area contributed by atoms with Crippen LogP contribution in [0.5, 0.6) is 0 Å². The Hall–Kier alpha value is -4.14. The molecule has 0 fully saturated rings. The average molecular weight is 665 g/mol. The number of carboxylic acid groups (broad SMARTS) is 1. The van der Waals surface area contributed by atoms with Gasteiger partial charge in [-0.15, -0.1) is 0 Å². The molecule has 2 amide bonds. The number of aromatic nitrogens is 2. The fraction of sp³-hybridized carbons (Fsp3) is 0.0909. The summed E-state index contributed by atoms with van der Waals surface area (Å²) in [6.07, 6.45) is 3.06. The van der Waals surface area contributed by atoms with Gasteiger partial charge in [-0.05, 0) is 16.7 Å². The Kier molecular flexibility index (Phi) is 7.99. The number of hydrogen-bond donors (Lipinski definition) is 1. The summed E-state index contributed by atoms with van der Waals surface area (Å²) in [5.41, 5.74) is 1.68. The van der Waals surface area contributed by atoms with E-state index >= 15 is 0 Å². The van der Waals surface area contributed by atoms with Gasteiger partial charge in [0.2, 0.25) is 0 Å².